The SMILES string of the molecule is COc1cc(C2C(C(C)=O)=C(C)Nc3ncnn32)ccc1OCCc1ccccc1. The van der Waals surface area contributed by atoms with E-state index in [-0.39, 0.29) is 11.8 Å². The van der Waals surface area contributed by atoms with Gasteiger partial charge in [0, 0.05) is 17.7 Å². The third-order valence-electron chi connectivity index (χ3n) is 5.17. The van der Waals surface area contributed by atoms with Crippen LogP contribution in [0.4, 0.5) is 5.95 Å². The number of carbonyl (C=O) groups is 1. The zero-order valence-corrected chi connectivity index (χ0v) is 17.3. The minimum atomic E-state index is -0.381. The Morgan fingerprint density at radius 2 is 1.97 bits per heavy atom. The number of nitrogens with zero attached hydrogens (tertiary/aromatic N) is 3. The van der Waals surface area contributed by atoms with Crippen molar-refractivity contribution in [2.24, 2.45) is 0 Å². The maximum Gasteiger partial charge on any atom is 0.226 e. The first-order valence-electron chi connectivity index (χ1n) is 9.81. The van der Waals surface area contributed by atoms with E-state index in [0.29, 0.717) is 29.6 Å². The van der Waals surface area contributed by atoms with Crippen molar-refractivity contribution < 1.29 is 14.3 Å². The number of hydrogen-bond donors (Lipinski definition) is 1. The molecule has 3 aromatic rings. The lowest BCUT2D eigenvalue weighted by molar-refractivity contribution is -0.114. The molecule has 1 aliphatic heterocycles. The lowest BCUT2D eigenvalue weighted by Crippen LogP contribution is -2.27. The molecule has 2 aromatic carbocycles. The smallest absolute Gasteiger partial charge is 0.226 e. The average Bonchev–Trinajstić information content (AvgIpc) is 3.21. The first kappa shape index (κ1) is 19.7. The predicted octanol–water partition coefficient (Wildman–Crippen LogP) is 3.79. The van der Waals surface area contributed by atoms with Crippen molar-refractivity contribution in [3.05, 3.63) is 77.3 Å². The number of benzene rings is 2. The largest absolute Gasteiger partial charge is 0.493 e. The van der Waals surface area contributed by atoms with E-state index in [1.54, 1.807) is 18.7 Å². The number of carbonyl (C=O) groups excluding carboxylic acids is 1. The Labute approximate surface area is 175 Å². The minimum absolute atomic E-state index is 0.0201. The van der Waals surface area contributed by atoms with Gasteiger partial charge in [0.05, 0.1) is 13.7 Å². The molecule has 1 N–H and O–H groups in total. The summed E-state index contributed by atoms with van der Waals surface area (Å²) in [4.78, 5) is 16.7. The summed E-state index contributed by atoms with van der Waals surface area (Å²) in [5, 5.41) is 7.47. The van der Waals surface area contributed by atoms with Crippen molar-refractivity contribution in [1.29, 1.82) is 0 Å². The molecule has 154 valence electrons. The number of nitrogens with one attached hydrogen (secondary N) is 1. The molecule has 0 amide bonds. The molecule has 1 atom stereocenters. The van der Waals surface area contributed by atoms with Gasteiger partial charge in [-0.15, -0.1) is 0 Å². The average molecular weight is 404 g/mol. The fourth-order valence-electron chi connectivity index (χ4n) is 3.75. The van der Waals surface area contributed by atoms with Crippen molar-refractivity contribution in [2.75, 3.05) is 19.0 Å². The summed E-state index contributed by atoms with van der Waals surface area (Å²) >= 11 is 0. The molecular formula is C23H24N4O3. The van der Waals surface area contributed by atoms with Gasteiger partial charge in [0.2, 0.25) is 5.95 Å². The van der Waals surface area contributed by atoms with Gasteiger partial charge in [-0.3, -0.25) is 4.79 Å². The van der Waals surface area contributed by atoms with Gasteiger partial charge in [-0.05, 0) is 37.1 Å². The molecule has 2 heterocycles. The number of Topliss-reactive ketones (excluding diaryl/α,β-unsaturated/α-hetero) is 1. The molecule has 1 aromatic heterocycles. The second-order valence-electron chi connectivity index (χ2n) is 7.14. The molecule has 0 spiro atoms. The highest BCUT2D eigenvalue weighted by molar-refractivity contribution is 5.96. The van der Waals surface area contributed by atoms with Gasteiger partial charge in [-0.25, -0.2) is 4.68 Å². The number of anilines is 1. The van der Waals surface area contributed by atoms with E-state index in [0.717, 1.165) is 17.7 Å². The Morgan fingerprint density at radius 1 is 1.17 bits per heavy atom. The Morgan fingerprint density at radius 3 is 2.70 bits per heavy atom. The highest BCUT2D eigenvalue weighted by Gasteiger charge is 2.32. The summed E-state index contributed by atoms with van der Waals surface area (Å²) in [6, 6.07) is 15.5. The maximum absolute atomic E-state index is 12.4. The summed E-state index contributed by atoms with van der Waals surface area (Å²) in [5.41, 5.74) is 3.51. The van der Waals surface area contributed by atoms with Crippen LogP contribution in [0.25, 0.3) is 0 Å². The fourth-order valence-corrected chi connectivity index (χ4v) is 3.75. The third kappa shape index (κ3) is 3.78. The van der Waals surface area contributed by atoms with Crippen molar-refractivity contribution in [1.82, 2.24) is 14.8 Å². The van der Waals surface area contributed by atoms with Crippen LogP contribution in [0.15, 0.2) is 66.1 Å². The van der Waals surface area contributed by atoms with Crippen molar-refractivity contribution >= 4 is 11.7 Å². The van der Waals surface area contributed by atoms with Crippen LogP contribution in [-0.4, -0.2) is 34.3 Å². The number of hydrogen-bond acceptors (Lipinski definition) is 6. The van der Waals surface area contributed by atoms with E-state index >= 15 is 0 Å². The molecule has 0 saturated heterocycles. The van der Waals surface area contributed by atoms with Crippen LogP contribution < -0.4 is 14.8 Å². The third-order valence-corrected chi connectivity index (χ3v) is 5.17. The van der Waals surface area contributed by atoms with E-state index in [4.69, 9.17) is 9.47 Å². The zero-order chi connectivity index (χ0) is 21.1. The monoisotopic (exact) mass is 404 g/mol. The van der Waals surface area contributed by atoms with Crippen LogP contribution in [0.1, 0.15) is 31.0 Å². The lowest BCUT2D eigenvalue weighted by atomic mass is 9.93. The highest BCUT2D eigenvalue weighted by atomic mass is 16.5. The van der Waals surface area contributed by atoms with Gasteiger partial charge in [-0.2, -0.15) is 10.1 Å². The second kappa shape index (κ2) is 8.41. The van der Waals surface area contributed by atoms with Crippen LogP contribution in [0.3, 0.4) is 0 Å². The van der Waals surface area contributed by atoms with Crippen molar-refractivity contribution in [2.45, 2.75) is 26.3 Å². The molecular weight excluding hydrogens is 380 g/mol. The molecule has 0 fully saturated rings. The normalized spacial score (nSPS) is 15.4. The predicted molar refractivity (Wildman–Crippen MR) is 114 cm³/mol. The fraction of sp³-hybridized carbons (Fsp3) is 0.261. The first-order chi connectivity index (χ1) is 14.6. The van der Waals surface area contributed by atoms with Crippen LogP contribution in [0, 0.1) is 0 Å². The Bertz CT molecular complexity index is 1090. The maximum atomic E-state index is 12.4. The number of ketones is 1. The molecule has 7 heteroatoms. The molecule has 0 saturated carbocycles. The van der Waals surface area contributed by atoms with Gasteiger partial charge in [0.1, 0.15) is 12.4 Å². The Hall–Kier alpha value is -3.61. The second-order valence-corrected chi connectivity index (χ2v) is 7.14. The van der Waals surface area contributed by atoms with Crippen LogP contribution in [0.5, 0.6) is 11.5 Å². The summed E-state index contributed by atoms with van der Waals surface area (Å²) in [6.07, 6.45) is 2.28. The van der Waals surface area contributed by atoms with Crippen molar-refractivity contribution in [3.63, 3.8) is 0 Å². The van der Waals surface area contributed by atoms with E-state index < -0.39 is 0 Å². The molecule has 7 nitrogen and oxygen atoms in total. The van der Waals surface area contributed by atoms with Gasteiger partial charge in [0.25, 0.3) is 0 Å². The molecule has 0 bridgehead atoms. The lowest BCUT2D eigenvalue weighted by Gasteiger charge is -2.28. The molecule has 30 heavy (non-hydrogen) atoms. The van der Waals surface area contributed by atoms with Gasteiger partial charge >= 0.3 is 0 Å². The molecule has 0 radical (unpaired) electrons. The summed E-state index contributed by atoms with van der Waals surface area (Å²) < 4.78 is 13.3. The first-order valence-corrected chi connectivity index (χ1v) is 9.81. The highest BCUT2D eigenvalue weighted by Crippen LogP contribution is 2.38. The number of rotatable bonds is 7. The summed E-state index contributed by atoms with van der Waals surface area (Å²) in [6.45, 7) is 3.98. The van der Waals surface area contributed by atoms with E-state index in [1.165, 1.54) is 11.9 Å². The molecule has 4 rings (SSSR count). The number of aromatic nitrogens is 3. The zero-order valence-electron chi connectivity index (χ0n) is 17.3. The van der Waals surface area contributed by atoms with Gasteiger partial charge < -0.3 is 14.8 Å². The van der Waals surface area contributed by atoms with Crippen LogP contribution in [0.2, 0.25) is 0 Å². The molecule has 1 unspecified atom stereocenters. The Kier molecular flexibility index (Phi) is 5.52. The Balaban J connectivity index is 1.61. The topological polar surface area (TPSA) is 78.3 Å². The number of ether oxygens (including phenoxy) is 2. The molecule has 0 aliphatic carbocycles. The minimum Gasteiger partial charge on any atom is -0.493 e. The van der Waals surface area contributed by atoms with E-state index in [1.807, 2.05) is 43.3 Å². The van der Waals surface area contributed by atoms with Crippen LogP contribution in [-0.2, 0) is 11.2 Å². The van der Waals surface area contributed by atoms with E-state index in [9.17, 15) is 4.79 Å². The molecule has 1 aliphatic rings. The van der Waals surface area contributed by atoms with Crippen LogP contribution >= 0.6 is 0 Å². The summed E-state index contributed by atoms with van der Waals surface area (Å²) in [5.74, 6) is 1.86. The number of methoxy groups -OCH3 is 1. The number of fused-ring (bicyclic) bond motifs is 1. The number of allylic oxidation sites excluding steroid dienone is 2. The van der Waals surface area contributed by atoms with Crippen molar-refractivity contribution in [3.8, 4) is 11.5 Å². The quantitative estimate of drug-likeness (QED) is 0.646. The van der Waals surface area contributed by atoms with Gasteiger partial charge in [0.15, 0.2) is 17.3 Å². The van der Waals surface area contributed by atoms with E-state index in [2.05, 4.69) is 27.5 Å². The standard InChI is InChI=1S/C23H24N4O3/c1-15-21(16(2)28)22(27-23(26-15)24-14-25-27)18-9-10-19(20(13-18)29-3)30-12-11-17-7-5-4-6-8-17/h4-10,13-14,22H,11-12H2,1-3H3,(H,24,25,26). The summed E-state index contributed by atoms with van der Waals surface area (Å²) in [7, 11) is 1.61. The van der Waals surface area contributed by atoms with Gasteiger partial charge in [-0.1, -0.05) is 36.4 Å².